The molecule has 0 radical (unpaired) electrons. The van der Waals surface area contributed by atoms with Crippen LogP contribution >= 0.6 is 0 Å². The number of amides is 3. The standard InChI is InChI=1S/C25H34N4O5/c1-32-16-15-29-24(31)28(12-4-6-20-5-3-11-26-17-20)23(30)25(29)9-13-27(14-10-25)18-21-7-8-22(34-21)19-33-2/h3,5,7-8,11,17H,4,6,9-10,12-16,18-19H2,1-2H3. The van der Waals surface area contributed by atoms with Crippen molar-refractivity contribution in [2.75, 3.05) is 47.0 Å². The second kappa shape index (κ2) is 11.1. The summed E-state index contributed by atoms with van der Waals surface area (Å²) in [5.74, 6) is 1.61. The first-order valence-corrected chi connectivity index (χ1v) is 11.9. The van der Waals surface area contributed by atoms with Crippen LogP contribution in [0.3, 0.4) is 0 Å². The third kappa shape index (κ3) is 5.16. The molecule has 0 saturated carbocycles. The molecule has 4 rings (SSSR count). The van der Waals surface area contributed by atoms with Crippen LogP contribution in [0.25, 0.3) is 0 Å². The molecule has 2 aromatic heterocycles. The SMILES string of the molecule is COCCN1C(=O)N(CCCc2cccnc2)C(=O)C12CCN(Cc1ccc(COC)o1)CC2. The Morgan fingerprint density at radius 2 is 1.85 bits per heavy atom. The molecule has 184 valence electrons. The minimum Gasteiger partial charge on any atom is -0.462 e. The second-order valence-corrected chi connectivity index (χ2v) is 8.96. The number of ether oxygens (including phenoxy) is 2. The fourth-order valence-corrected chi connectivity index (χ4v) is 4.97. The van der Waals surface area contributed by atoms with Gasteiger partial charge in [0, 0.05) is 52.8 Å². The number of nitrogens with zero attached hydrogens (tertiary/aromatic N) is 4. The topological polar surface area (TPSA) is 88.4 Å². The summed E-state index contributed by atoms with van der Waals surface area (Å²) in [6, 6.07) is 7.62. The van der Waals surface area contributed by atoms with Gasteiger partial charge in [-0.05, 0) is 49.4 Å². The van der Waals surface area contributed by atoms with Gasteiger partial charge in [0.05, 0.1) is 13.2 Å². The number of aryl methyl sites for hydroxylation is 1. The lowest BCUT2D eigenvalue weighted by Gasteiger charge is -2.42. The summed E-state index contributed by atoms with van der Waals surface area (Å²) in [4.78, 5) is 36.5. The summed E-state index contributed by atoms with van der Waals surface area (Å²) in [6.07, 6.45) is 6.26. The van der Waals surface area contributed by atoms with Crippen molar-refractivity contribution in [2.24, 2.45) is 0 Å². The summed E-state index contributed by atoms with van der Waals surface area (Å²) >= 11 is 0. The average molecular weight is 471 g/mol. The van der Waals surface area contributed by atoms with E-state index in [0.29, 0.717) is 65.2 Å². The van der Waals surface area contributed by atoms with Gasteiger partial charge in [0.1, 0.15) is 23.7 Å². The van der Waals surface area contributed by atoms with Crippen LogP contribution in [0, 0.1) is 0 Å². The van der Waals surface area contributed by atoms with E-state index in [1.54, 1.807) is 25.3 Å². The minimum atomic E-state index is -0.787. The molecule has 34 heavy (non-hydrogen) atoms. The summed E-state index contributed by atoms with van der Waals surface area (Å²) in [7, 11) is 3.26. The number of hydrogen-bond donors (Lipinski definition) is 0. The highest BCUT2D eigenvalue weighted by molar-refractivity contribution is 6.07. The van der Waals surface area contributed by atoms with Gasteiger partial charge in [-0.3, -0.25) is 19.6 Å². The number of carbonyl (C=O) groups is 2. The average Bonchev–Trinajstić information content (AvgIpc) is 3.36. The van der Waals surface area contributed by atoms with Gasteiger partial charge in [0.25, 0.3) is 5.91 Å². The Balaban J connectivity index is 1.40. The number of furan rings is 1. The van der Waals surface area contributed by atoms with Gasteiger partial charge in [0.2, 0.25) is 0 Å². The summed E-state index contributed by atoms with van der Waals surface area (Å²) in [5.41, 5.74) is 0.317. The van der Waals surface area contributed by atoms with Crippen LogP contribution in [0.2, 0.25) is 0 Å². The summed E-state index contributed by atoms with van der Waals surface area (Å²) in [5, 5.41) is 0. The maximum Gasteiger partial charge on any atom is 0.327 e. The molecule has 1 spiro atoms. The minimum absolute atomic E-state index is 0.0696. The van der Waals surface area contributed by atoms with Crippen molar-refractivity contribution >= 4 is 11.9 Å². The van der Waals surface area contributed by atoms with E-state index in [2.05, 4.69) is 9.88 Å². The first-order valence-electron chi connectivity index (χ1n) is 11.9. The van der Waals surface area contributed by atoms with Crippen LogP contribution in [0.15, 0.2) is 41.1 Å². The van der Waals surface area contributed by atoms with E-state index in [1.165, 1.54) is 4.90 Å². The molecular formula is C25H34N4O5. The number of aromatic nitrogens is 1. The molecule has 4 heterocycles. The first kappa shape index (κ1) is 24.4. The van der Waals surface area contributed by atoms with Crippen LogP contribution in [0.5, 0.6) is 0 Å². The van der Waals surface area contributed by atoms with Gasteiger partial charge in [-0.2, -0.15) is 0 Å². The van der Waals surface area contributed by atoms with E-state index in [-0.39, 0.29) is 11.9 Å². The van der Waals surface area contributed by atoms with Gasteiger partial charge in [-0.1, -0.05) is 6.07 Å². The maximum absolute atomic E-state index is 13.6. The monoisotopic (exact) mass is 470 g/mol. The summed E-state index contributed by atoms with van der Waals surface area (Å²) in [6.45, 7) is 3.79. The van der Waals surface area contributed by atoms with Crippen LogP contribution in [0.1, 0.15) is 36.3 Å². The highest BCUT2D eigenvalue weighted by atomic mass is 16.5. The number of hydrogen-bond acceptors (Lipinski definition) is 7. The normalized spacial score (nSPS) is 18.4. The molecule has 2 aliphatic rings. The maximum atomic E-state index is 13.6. The molecule has 0 aliphatic carbocycles. The van der Waals surface area contributed by atoms with Crippen molar-refractivity contribution in [3.8, 4) is 0 Å². The van der Waals surface area contributed by atoms with Crippen molar-refractivity contribution in [1.82, 2.24) is 19.7 Å². The second-order valence-electron chi connectivity index (χ2n) is 8.96. The lowest BCUT2D eigenvalue weighted by atomic mass is 9.85. The van der Waals surface area contributed by atoms with E-state index < -0.39 is 5.54 Å². The van der Waals surface area contributed by atoms with Gasteiger partial charge < -0.3 is 18.8 Å². The van der Waals surface area contributed by atoms with Crippen molar-refractivity contribution < 1.29 is 23.5 Å². The Hall–Kier alpha value is -2.75. The zero-order valence-electron chi connectivity index (χ0n) is 20.1. The lowest BCUT2D eigenvalue weighted by molar-refractivity contribution is -0.136. The van der Waals surface area contributed by atoms with Crippen molar-refractivity contribution in [3.05, 3.63) is 53.7 Å². The van der Waals surface area contributed by atoms with Crippen LogP contribution in [0.4, 0.5) is 4.79 Å². The first-order chi connectivity index (χ1) is 16.6. The molecule has 2 aliphatic heterocycles. The number of imide groups is 1. The third-order valence-electron chi connectivity index (χ3n) is 6.78. The number of likely N-dealkylation sites (tertiary alicyclic amines) is 1. The van der Waals surface area contributed by atoms with Crippen LogP contribution < -0.4 is 0 Å². The molecule has 2 aromatic rings. The van der Waals surface area contributed by atoms with E-state index in [9.17, 15) is 9.59 Å². The fourth-order valence-electron chi connectivity index (χ4n) is 4.97. The Morgan fingerprint density at radius 1 is 1.06 bits per heavy atom. The highest BCUT2D eigenvalue weighted by Gasteiger charge is 2.57. The smallest absolute Gasteiger partial charge is 0.327 e. The molecule has 0 bridgehead atoms. The summed E-state index contributed by atoms with van der Waals surface area (Å²) < 4.78 is 16.2. The molecule has 0 aromatic carbocycles. The molecule has 9 nitrogen and oxygen atoms in total. The molecule has 2 fully saturated rings. The van der Waals surface area contributed by atoms with Crippen LogP contribution in [-0.4, -0.2) is 84.2 Å². The van der Waals surface area contributed by atoms with Crippen molar-refractivity contribution in [2.45, 2.75) is 44.4 Å². The molecular weight excluding hydrogens is 436 g/mol. The number of methoxy groups -OCH3 is 2. The van der Waals surface area contributed by atoms with Gasteiger partial charge in [-0.25, -0.2) is 4.79 Å². The zero-order chi connectivity index (χ0) is 24.0. The molecule has 3 amide bonds. The van der Waals surface area contributed by atoms with E-state index in [1.807, 2.05) is 30.5 Å². The molecule has 0 N–H and O–H groups in total. The van der Waals surface area contributed by atoms with Crippen LogP contribution in [-0.2, 0) is 33.8 Å². The largest absolute Gasteiger partial charge is 0.462 e. The van der Waals surface area contributed by atoms with Crippen molar-refractivity contribution in [1.29, 1.82) is 0 Å². The quantitative estimate of drug-likeness (QED) is 0.467. The lowest BCUT2D eigenvalue weighted by Crippen LogP contribution is -2.57. The Kier molecular flexibility index (Phi) is 7.97. The third-order valence-corrected chi connectivity index (χ3v) is 6.78. The molecule has 2 saturated heterocycles. The Labute approximate surface area is 200 Å². The number of pyridine rings is 1. The highest BCUT2D eigenvalue weighted by Crippen LogP contribution is 2.37. The van der Waals surface area contributed by atoms with E-state index >= 15 is 0 Å². The van der Waals surface area contributed by atoms with Gasteiger partial charge >= 0.3 is 6.03 Å². The number of rotatable bonds is 11. The van der Waals surface area contributed by atoms with E-state index in [0.717, 1.165) is 23.5 Å². The van der Waals surface area contributed by atoms with Gasteiger partial charge in [0.15, 0.2) is 0 Å². The predicted molar refractivity (Wildman–Crippen MR) is 125 cm³/mol. The fraction of sp³-hybridized carbons (Fsp3) is 0.560. The Bertz CT molecular complexity index is 955. The number of urea groups is 1. The molecule has 9 heteroatoms. The van der Waals surface area contributed by atoms with Crippen molar-refractivity contribution in [3.63, 3.8) is 0 Å². The zero-order valence-corrected chi connectivity index (χ0v) is 20.1. The molecule has 0 unspecified atom stereocenters. The predicted octanol–water partition coefficient (Wildman–Crippen LogP) is 2.70. The Morgan fingerprint density at radius 3 is 2.56 bits per heavy atom. The number of carbonyl (C=O) groups excluding carboxylic acids is 2. The number of piperidine rings is 1. The molecule has 0 atom stereocenters. The van der Waals surface area contributed by atoms with Gasteiger partial charge in [-0.15, -0.1) is 0 Å². The van der Waals surface area contributed by atoms with E-state index in [4.69, 9.17) is 13.9 Å².